The number of carbonyl (C=O) groups excluding carboxylic acids is 1. The van der Waals surface area contributed by atoms with E-state index in [1.54, 1.807) is 0 Å². The van der Waals surface area contributed by atoms with Gasteiger partial charge in [0, 0.05) is 6.42 Å². The SMILES string of the molecule is NCCCC(=O)C(F)(F)F. The molecule has 0 unspecified atom stereocenters. The maximum Gasteiger partial charge on any atom is 0.449 e. The summed E-state index contributed by atoms with van der Waals surface area (Å²) < 4.78 is 34.1. The van der Waals surface area contributed by atoms with Crippen LogP contribution >= 0.6 is 0 Å². The Balaban J connectivity index is 3.64. The predicted octanol–water partition coefficient (Wildman–Crippen LogP) is 0.857. The molecule has 10 heavy (non-hydrogen) atoms. The zero-order valence-electron chi connectivity index (χ0n) is 5.24. The van der Waals surface area contributed by atoms with Crippen molar-refractivity contribution in [2.45, 2.75) is 19.0 Å². The van der Waals surface area contributed by atoms with Crippen molar-refractivity contribution in [2.24, 2.45) is 5.73 Å². The van der Waals surface area contributed by atoms with E-state index >= 15 is 0 Å². The minimum atomic E-state index is -4.69. The highest BCUT2D eigenvalue weighted by molar-refractivity contribution is 5.83. The molecular formula is C5H8F3NO. The summed E-state index contributed by atoms with van der Waals surface area (Å²) in [7, 11) is 0. The first-order valence-corrected chi connectivity index (χ1v) is 2.78. The lowest BCUT2D eigenvalue weighted by atomic mass is 10.2. The number of Topliss-reactive ketones (excluding diaryl/α,β-unsaturated/α-hetero) is 1. The summed E-state index contributed by atoms with van der Waals surface area (Å²) in [4.78, 5) is 10.0. The Hall–Kier alpha value is -0.580. The Bertz CT molecular complexity index is 121. The average molecular weight is 155 g/mol. The molecule has 0 aromatic carbocycles. The van der Waals surface area contributed by atoms with Gasteiger partial charge in [0.05, 0.1) is 0 Å². The number of halogens is 3. The van der Waals surface area contributed by atoms with E-state index in [4.69, 9.17) is 5.73 Å². The van der Waals surface area contributed by atoms with Gasteiger partial charge in [0.15, 0.2) is 0 Å². The summed E-state index contributed by atoms with van der Waals surface area (Å²) in [5.74, 6) is -1.70. The molecule has 0 heterocycles. The zero-order chi connectivity index (χ0) is 8.20. The fourth-order valence-corrected chi connectivity index (χ4v) is 0.404. The van der Waals surface area contributed by atoms with Gasteiger partial charge < -0.3 is 5.73 Å². The van der Waals surface area contributed by atoms with Crippen molar-refractivity contribution >= 4 is 5.78 Å². The standard InChI is InChI=1S/C5H8F3NO/c6-5(7,8)4(10)2-1-3-9/h1-3,9H2. The number of carbonyl (C=O) groups is 1. The summed E-state index contributed by atoms with van der Waals surface area (Å²) in [6.07, 6.45) is -5.09. The number of nitrogens with two attached hydrogens (primary N) is 1. The first-order chi connectivity index (χ1) is 4.48. The van der Waals surface area contributed by atoms with Gasteiger partial charge in [0.1, 0.15) is 0 Å². The van der Waals surface area contributed by atoms with Gasteiger partial charge in [-0.25, -0.2) is 0 Å². The molecule has 5 heteroatoms. The van der Waals surface area contributed by atoms with Gasteiger partial charge in [0.25, 0.3) is 0 Å². The molecule has 0 aliphatic carbocycles. The fraction of sp³-hybridized carbons (Fsp3) is 0.800. The van der Waals surface area contributed by atoms with Crippen LogP contribution in [0, 0.1) is 0 Å². The van der Waals surface area contributed by atoms with Crippen molar-refractivity contribution in [1.82, 2.24) is 0 Å². The molecule has 2 nitrogen and oxygen atoms in total. The molecule has 0 aliphatic heterocycles. The smallest absolute Gasteiger partial charge is 0.330 e. The molecule has 0 amide bonds. The van der Waals surface area contributed by atoms with Crippen LogP contribution in [0.15, 0.2) is 0 Å². The van der Waals surface area contributed by atoms with Crippen molar-refractivity contribution in [2.75, 3.05) is 6.54 Å². The van der Waals surface area contributed by atoms with Gasteiger partial charge >= 0.3 is 6.18 Å². The van der Waals surface area contributed by atoms with Gasteiger partial charge in [-0.1, -0.05) is 0 Å². The predicted molar refractivity (Wildman–Crippen MR) is 29.4 cm³/mol. The van der Waals surface area contributed by atoms with E-state index in [0.29, 0.717) is 0 Å². The normalized spacial score (nSPS) is 11.6. The average Bonchev–Trinajstić information content (AvgIpc) is 1.80. The van der Waals surface area contributed by atoms with E-state index in [0.717, 1.165) is 0 Å². The third-order valence-electron chi connectivity index (χ3n) is 0.924. The van der Waals surface area contributed by atoms with E-state index in [2.05, 4.69) is 0 Å². The van der Waals surface area contributed by atoms with Gasteiger partial charge in [0.2, 0.25) is 5.78 Å². The Morgan fingerprint density at radius 3 is 2.20 bits per heavy atom. The molecule has 60 valence electrons. The fourth-order valence-electron chi connectivity index (χ4n) is 0.404. The second-order valence-electron chi connectivity index (χ2n) is 1.81. The largest absolute Gasteiger partial charge is 0.449 e. The summed E-state index contributed by atoms with van der Waals surface area (Å²) >= 11 is 0. The molecule has 0 saturated heterocycles. The molecule has 0 spiro atoms. The summed E-state index contributed by atoms with van der Waals surface area (Å²) in [5, 5.41) is 0. The van der Waals surface area contributed by atoms with Crippen molar-refractivity contribution in [1.29, 1.82) is 0 Å². The minimum Gasteiger partial charge on any atom is -0.330 e. The van der Waals surface area contributed by atoms with Crippen molar-refractivity contribution in [3.8, 4) is 0 Å². The second-order valence-corrected chi connectivity index (χ2v) is 1.81. The highest BCUT2D eigenvalue weighted by atomic mass is 19.4. The molecule has 0 atom stereocenters. The lowest BCUT2D eigenvalue weighted by Crippen LogP contribution is -2.23. The molecule has 2 N–H and O–H groups in total. The second kappa shape index (κ2) is 3.55. The van der Waals surface area contributed by atoms with Crippen molar-refractivity contribution < 1.29 is 18.0 Å². The van der Waals surface area contributed by atoms with E-state index in [-0.39, 0.29) is 13.0 Å². The van der Waals surface area contributed by atoms with Crippen molar-refractivity contribution in [3.05, 3.63) is 0 Å². The quantitative estimate of drug-likeness (QED) is 0.656. The van der Waals surface area contributed by atoms with Crippen molar-refractivity contribution in [3.63, 3.8) is 0 Å². The van der Waals surface area contributed by atoms with E-state index in [9.17, 15) is 18.0 Å². The van der Waals surface area contributed by atoms with Crippen LogP contribution in [0.3, 0.4) is 0 Å². The Kier molecular flexibility index (Phi) is 3.35. The van der Waals surface area contributed by atoms with Crippen LogP contribution in [-0.2, 0) is 4.79 Å². The molecule has 0 saturated carbocycles. The summed E-state index contributed by atoms with van der Waals surface area (Å²) in [6, 6.07) is 0. The first-order valence-electron chi connectivity index (χ1n) is 2.78. The Morgan fingerprint density at radius 2 is 1.90 bits per heavy atom. The van der Waals surface area contributed by atoms with Crippen LogP contribution < -0.4 is 5.73 Å². The van der Waals surface area contributed by atoms with Crippen LogP contribution in [-0.4, -0.2) is 18.5 Å². The molecule has 0 rings (SSSR count). The third kappa shape index (κ3) is 3.45. The molecular weight excluding hydrogens is 147 g/mol. The number of hydrogen-bond acceptors (Lipinski definition) is 2. The molecule has 0 aliphatic rings. The van der Waals surface area contributed by atoms with Crippen LogP contribution in [0.25, 0.3) is 0 Å². The molecule has 0 fully saturated rings. The Labute approximate surface area is 56.2 Å². The molecule has 0 radical (unpaired) electrons. The van der Waals surface area contributed by atoms with E-state index in [1.165, 1.54) is 0 Å². The minimum absolute atomic E-state index is 0.0956. The number of hydrogen-bond donors (Lipinski definition) is 1. The summed E-state index contributed by atoms with van der Waals surface area (Å²) in [5.41, 5.74) is 4.90. The monoisotopic (exact) mass is 155 g/mol. The van der Waals surface area contributed by atoms with Crippen LogP contribution in [0.4, 0.5) is 13.2 Å². The third-order valence-corrected chi connectivity index (χ3v) is 0.924. The summed E-state index contributed by atoms with van der Waals surface area (Å²) in [6.45, 7) is 0.113. The highest BCUT2D eigenvalue weighted by Gasteiger charge is 2.36. The number of rotatable bonds is 3. The maximum atomic E-state index is 11.4. The van der Waals surface area contributed by atoms with E-state index < -0.39 is 18.4 Å². The topological polar surface area (TPSA) is 43.1 Å². The van der Waals surface area contributed by atoms with Crippen LogP contribution in [0.2, 0.25) is 0 Å². The van der Waals surface area contributed by atoms with Gasteiger partial charge in [-0.2, -0.15) is 13.2 Å². The number of alkyl halides is 3. The maximum absolute atomic E-state index is 11.4. The molecule has 0 bridgehead atoms. The molecule has 0 aromatic rings. The lowest BCUT2D eigenvalue weighted by Gasteiger charge is -2.02. The van der Waals surface area contributed by atoms with Crippen LogP contribution in [0.5, 0.6) is 0 Å². The first kappa shape index (κ1) is 9.42. The van der Waals surface area contributed by atoms with E-state index in [1.807, 2.05) is 0 Å². The Morgan fingerprint density at radius 1 is 1.40 bits per heavy atom. The van der Waals surface area contributed by atoms with Gasteiger partial charge in [-0.3, -0.25) is 4.79 Å². The van der Waals surface area contributed by atoms with Gasteiger partial charge in [-0.05, 0) is 13.0 Å². The molecule has 0 aromatic heterocycles. The number of ketones is 1. The lowest BCUT2D eigenvalue weighted by molar-refractivity contribution is -0.171. The van der Waals surface area contributed by atoms with Gasteiger partial charge in [-0.15, -0.1) is 0 Å². The van der Waals surface area contributed by atoms with Crippen LogP contribution in [0.1, 0.15) is 12.8 Å². The highest BCUT2D eigenvalue weighted by Crippen LogP contribution is 2.18. The zero-order valence-corrected chi connectivity index (χ0v) is 5.24.